The third-order valence-electron chi connectivity index (χ3n) is 11.1. The van der Waals surface area contributed by atoms with Crippen molar-refractivity contribution in [2.24, 2.45) is 5.92 Å². The smallest absolute Gasteiger partial charge is 0.407 e. The number of likely N-dealkylation sites (tertiary alicyclic amines) is 2. The molecule has 3 fully saturated rings. The van der Waals surface area contributed by atoms with Crippen LogP contribution in [0.1, 0.15) is 94.1 Å². The molecule has 0 unspecified atom stereocenters. The molecule has 4 amide bonds. The van der Waals surface area contributed by atoms with Gasteiger partial charge in [0, 0.05) is 49.6 Å². The number of anilines is 1. The summed E-state index contributed by atoms with van der Waals surface area (Å²) in [7, 11) is 2.22. The van der Waals surface area contributed by atoms with E-state index in [2.05, 4.69) is 30.0 Å². The van der Waals surface area contributed by atoms with Crippen LogP contribution in [0.25, 0.3) is 11.3 Å². The number of carbonyl (C=O) groups is 4. The number of alkyl carbamates (subject to hydrolysis) is 2. The highest BCUT2D eigenvalue weighted by Crippen LogP contribution is 2.38. The minimum absolute atomic E-state index is 0.0649. The lowest BCUT2D eigenvalue weighted by Crippen LogP contribution is -2.51. The molecule has 0 saturated carbocycles. The first kappa shape index (κ1) is 42.2. The first-order valence-electron chi connectivity index (χ1n) is 19.3. The lowest BCUT2D eigenvalue weighted by atomic mass is 9.93. The fraction of sp³-hybridized carbons (Fsp3) is 0.579. The Hall–Kier alpha value is -5.43. The van der Waals surface area contributed by atoms with Gasteiger partial charge < -0.3 is 44.8 Å². The molecular formula is C38H48F5N9O6. The number of methoxy groups -OCH3 is 2. The van der Waals surface area contributed by atoms with Crippen LogP contribution in [0.5, 0.6) is 0 Å². The molecule has 15 nitrogen and oxygen atoms in total. The SMILES string of the molecule is COC(=O)N[C@@H](CC(F)(F)F)C(=O)N1CCC[C@H]1c1ncc(C2CCN(c3c(F)cc(-c4cnc([C@@H]5CCCN5C(=O)[C@@H](NC(=O)OC)C(C)C)[nH]4)cc3F)CC2)[nH]1. The topological polar surface area (TPSA) is 178 Å². The molecule has 6 rings (SSSR count). The molecule has 3 saturated heterocycles. The predicted octanol–water partition coefficient (Wildman–Crippen LogP) is 5.85. The summed E-state index contributed by atoms with van der Waals surface area (Å²) in [6.45, 7) is 4.91. The minimum Gasteiger partial charge on any atom is -0.453 e. The zero-order chi connectivity index (χ0) is 41.9. The van der Waals surface area contributed by atoms with Crippen LogP contribution in [0.2, 0.25) is 0 Å². The van der Waals surface area contributed by atoms with E-state index in [0.717, 1.165) is 12.8 Å². The summed E-state index contributed by atoms with van der Waals surface area (Å²) >= 11 is 0. The number of carbonyl (C=O) groups excluding carboxylic acids is 4. The summed E-state index contributed by atoms with van der Waals surface area (Å²) in [6.07, 6.45) is -1.71. The van der Waals surface area contributed by atoms with Crippen molar-refractivity contribution in [1.29, 1.82) is 0 Å². The maximum absolute atomic E-state index is 15.7. The lowest BCUT2D eigenvalue weighted by molar-refractivity contribution is -0.154. The Labute approximate surface area is 331 Å². The number of nitrogens with one attached hydrogen (secondary N) is 4. The number of alkyl halides is 3. The predicted molar refractivity (Wildman–Crippen MR) is 198 cm³/mol. The highest BCUT2D eigenvalue weighted by molar-refractivity contribution is 5.87. The van der Waals surface area contributed by atoms with Crippen LogP contribution in [0.4, 0.5) is 37.2 Å². The second-order valence-electron chi connectivity index (χ2n) is 15.2. The normalized spacial score (nSPS) is 20.0. The molecule has 0 spiro atoms. The molecule has 0 radical (unpaired) electrons. The van der Waals surface area contributed by atoms with E-state index in [1.165, 1.54) is 30.3 Å². The van der Waals surface area contributed by atoms with Gasteiger partial charge in [-0.1, -0.05) is 13.8 Å². The number of rotatable bonds is 11. The van der Waals surface area contributed by atoms with Gasteiger partial charge in [-0.25, -0.2) is 28.3 Å². The van der Waals surface area contributed by atoms with Gasteiger partial charge in [0.2, 0.25) is 11.8 Å². The summed E-state index contributed by atoms with van der Waals surface area (Å²) in [4.78, 5) is 70.3. The van der Waals surface area contributed by atoms with E-state index in [0.29, 0.717) is 75.5 Å². The molecule has 4 N–H and O–H groups in total. The van der Waals surface area contributed by atoms with Crippen molar-refractivity contribution in [3.05, 3.63) is 53.5 Å². The van der Waals surface area contributed by atoms with Crippen LogP contribution < -0.4 is 15.5 Å². The number of halogens is 5. The van der Waals surface area contributed by atoms with Gasteiger partial charge in [0.1, 0.15) is 41.1 Å². The average molecular weight is 822 g/mol. The fourth-order valence-corrected chi connectivity index (χ4v) is 8.16. The standard InChI is InChI=1S/C38H48F5N9O6/c1-20(2)30(49-37(56)58-4)35(54)52-12-6-8-29(52)33-45-19-27(47-33)22-15-23(39)31(24(40)16-22)50-13-9-21(10-14-50)26-18-44-32(46-26)28-7-5-11-51(28)34(53)25(17-38(41,42)43)48-36(55)57-3/h15-16,18-21,25,28-30H,5-14,17H2,1-4H3,(H,44,46)(H,45,47)(H,48,55)(H,49,56)/t25-,28-,29-,30-/m0/s1. The van der Waals surface area contributed by atoms with Gasteiger partial charge in [-0.3, -0.25) is 9.59 Å². The maximum Gasteiger partial charge on any atom is 0.407 e. The van der Waals surface area contributed by atoms with Crippen LogP contribution in [0.3, 0.4) is 0 Å². The fourth-order valence-electron chi connectivity index (χ4n) is 8.16. The molecule has 1 aromatic carbocycles. The molecule has 3 aliphatic rings. The van der Waals surface area contributed by atoms with E-state index in [4.69, 9.17) is 4.74 Å². The zero-order valence-electron chi connectivity index (χ0n) is 32.6. The maximum atomic E-state index is 15.7. The number of imidazole rings is 2. The summed E-state index contributed by atoms with van der Waals surface area (Å²) < 4.78 is 80.5. The van der Waals surface area contributed by atoms with Crippen molar-refractivity contribution < 1.29 is 50.6 Å². The molecule has 20 heteroatoms. The molecule has 0 bridgehead atoms. The van der Waals surface area contributed by atoms with Crippen LogP contribution >= 0.6 is 0 Å². The van der Waals surface area contributed by atoms with Crippen molar-refractivity contribution in [2.45, 2.75) is 95.1 Å². The number of benzene rings is 1. The second-order valence-corrected chi connectivity index (χ2v) is 15.2. The van der Waals surface area contributed by atoms with E-state index in [-0.39, 0.29) is 35.5 Å². The van der Waals surface area contributed by atoms with Crippen molar-refractivity contribution in [2.75, 3.05) is 45.3 Å². The Bertz CT molecular complexity index is 1940. The molecule has 58 heavy (non-hydrogen) atoms. The average Bonchev–Trinajstić information content (AvgIpc) is 4.02. The Balaban J connectivity index is 1.09. The van der Waals surface area contributed by atoms with Gasteiger partial charge in [0.15, 0.2) is 0 Å². The number of hydrogen-bond donors (Lipinski definition) is 4. The molecule has 3 aliphatic heterocycles. The van der Waals surface area contributed by atoms with E-state index >= 15 is 8.78 Å². The van der Waals surface area contributed by atoms with E-state index in [1.54, 1.807) is 16.0 Å². The summed E-state index contributed by atoms with van der Waals surface area (Å²) in [6, 6.07) is -1.24. The molecule has 3 aromatic rings. The summed E-state index contributed by atoms with van der Waals surface area (Å²) in [5.41, 5.74) is 1.19. The van der Waals surface area contributed by atoms with Crippen molar-refractivity contribution >= 4 is 29.7 Å². The molecular weight excluding hydrogens is 773 g/mol. The first-order valence-corrected chi connectivity index (χ1v) is 19.3. The van der Waals surface area contributed by atoms with Gasteiger partial charge in [-0.05, 0) is 56.6 Å². The van der Waals surface area contributed by atoms with Crippen LogP contribution in [-0.2, 0) is 19.1 Å². The van der Waals surface area contributed by atoms with Gasteiger partial charge in [-0.15, -0.1) is 0 Å². The van der Waals surface area contributed by atoms with Crippen molar-refractivity contribution in [3.8, 4) is 11.3 Å². The van der Waals surface area contributed by atoms with Crippen LogP contribution in [0.15, 0.2) is 24.5 Å². The zero-order valence-corrected chi connectivity index (χ0v) is 32.6. The largest absolute Gasteiger partial charge is 0.453 e. The summed E-state index contributed by atoms with van der Waals surface area (Å²) in [5, 5.41) is 4.61. The van der Waals surface area contributed by atoms with Gasteiger partial charge >= 0.3 is 18.4 Å². The number of amides is 4. The van der Waals surface area contributed by atoms with Gasteiger partial charge in [0.05, 0.1) is 44.6 Å². The van der Waals surface area contributed by atoms with Crippen LogP contribution in [-0.4, -0.2) is 112 Å². The quantitative estimate of drug-likeness (QED) is 0.173. The molecule has 4 atom stereocenters. The van der Waals surface area contributed by atoms with Gasteiger partial charge in [-0.2, -0.15) is 13.2 Å². The number of H-pyrrole nitrogens is 2. The monoisotopic (exact) mass is 821 g/mol. The molecule has 0 aliphatic carbocycles. The Morgan fingerprint density at radius 3 is 1.93 bits per heavy atom. The highest BCUT2D eigenvalue weighted by atomic mass is 19.4. The third-order valence-corrected chi connectivity index (χ3v) is 11.1. The van der Waals surface area contributed by atoms with E-state index in [9.17, 15) is 32.3 Å². The molecule has 5 heterocycles. The molecule has 316 valence electrons. The van der Waals surface area contributed by atoms with Crippen molar-refractivity contribution in [3.63, 3.8) is 0 Å². The minimum atomic E-state index is -4.71. The number of nitrogens with zero attached hydrogens (tertiary/aromatic N) is 5. The van der Waals surface area contributed by atoms with E-state index < -0.39 is 66.5 Å². The molecule has 2 aromatic heterocycles. The first-order chi connectivity index (χ1) is 27.6. The number of ether oxygens (including phenoxy) is 2. The Morgan fingerprint density at radius 2 is 1.36 bits per heavy atom. The number of aromatic nitrogens is 4. The van der Waals surface area contributed by atoms with Gasteiger partial charge in [0.25, 0.3) is 0 Å². The van der Waals surface area contributed by atoms with E-state index in [1.807, 2.05) is 19.2 Å². The number of piperidine rings is 1. The van der Waals surface area contributed by atoms with Crippen LogP contribution in [0, 0.1) is 17.6 Å². The second kappa shape index (κ2) is 17.6. The highest BCUT2D eigenvalue weighted by Gasteiger charge is 2.42. The Kier molecular flexibility index (Phi) is 12.8. The van der Waals surface area contributed by atoms with Crippen molar-refractivity contribution in [1.82, 2.24) is 40.4 Å². The lowest BCUT2D eigenvalue weighted by Gasteiger charge is -2.33. The number of aromatic amines is 2. The Morgan fingerprint density at radius 1 is 0.810 bits per heavy atom. The number of hydrogen-bond acceptors (Lipinski definition) is 9. The summed E-state index contributed by atoms with van der Waals surface area (Å²) in [5.74, 6) is -2.08. The third kappa shape index (κ3) is 9.30.